The van der Waals surface area contributed by atoms with Crippen molar-refractivity contribution in [1.29, 1.82) is 5.26 Å². The number of hydrogen-bond donors (Lipinski definition) is 0. The van der Waals surface area contributed by atoms with Crippen LogP contribution in [0.5, 0.6) is 5.75 Å². The highest BCUT2D eigenvalue weighted by atomic mass is 16.5. The van der Waals surface area contributed by atoms with Crippen molar-refractivity contribution < 1.29 is 9.47 Å². The Hall–Kier alpha value is -1.57. The van der Waals surface area contributed by atoms with Gasteiger partial charge in [0.15, 0.2) is 0 Å². The molecule has 0 fully saturated rings. The summed E-state index contributed by atoms with van der Waals surface area (Å²) in [5.74, 6) is 0.666. The maximum absolute atomic E-state index is 8.91. The van der Waals surface area contributed by atoms with Crippen LogP contribution in [0.15, 0.2) is 24.3 Å². The normalized spacial score (nSPS) is 10.3. The van der Waals surface area contributed by atoms with Gasteiger partial charge >= 0.3 is 0 Å². The molecule has 0 aromatic heterocycles. The highest BCUT2D eigenvalue weighted by Crippen LogP contribution is 2.16. The molecule has 0 atom stereocenters. The number of para-hydroxylation sites is 1. The van der Waals surface area contributed by atoms with Gasteiger partial charge < -0.3 is 14.4 Å². The van der Waals surface area contributed by atoms with E-state index in [4.69, 9.17) is 14.7 Å². The molecule has 4 nitrogen and oxygen atoms in total. The molecular formula is C14H20N2O2. The van der Waals surface area contributed by atoms with Crippen LogP contribution in [0.2, 0.25) is 0 Å². The van der Waals surface area contributed by atoms with Crippen LogP contribution in [-0.2, 0) is 4.74 Å². The summed E-state index contributed by atoms with van der Waals surface area (Å²) >= 11 is 0. The van der Waals surface area contributed by atoms with Crippen LogP contribution < -0.4 is 4.74 Å². The van der Waals surface area contributed by atoms with Gasteiger partial charge in [-0.05, 0) is 25.6 Å². The van der Waals surface area contributed by atoms with Crippen molar-refractivity contribution >= 4 is 0 Å². The van der Waals surface area contributed by atoms with Crippen LogP contribution in [0, 0.1) is 11.3 Å². The first kappa shape index (κ1) is 14.5. The Morgan fingerprint density at radius 1 is 1.22 bits per heavy atom. The van der Waals surface area contributed by atoms with Gasteiger partial charge in [-0.25, -0.2) is 0 Å². The molecule has 0 saturated heterocycles. The zero-order valence-electron chi connectivity index (χ0n) is 11.1. The van der Waals surface area contributed by atoms with Crippen LogP contribution in [0.25, 0.3) is 0 Å². The summed E-state index contributed by atoms with van der Waals surface area (Å²) in [6.07, 6.45) is 0.931. The third-order valence-corrected chi connectivity index (χ3v) is 2.63. The molecule has 0 unspecified atom stereocenters. The first-order valence-corrected chi connectivity index (χ1v) is 6.07. The van der Waals surface area contributed by atoms with Crippen LogP contribution in [0.1, 0.15) is 12.0 Å². The van der Waals surface area contributed by atoms with E-state index in [0.717, 1.165) is 26.1 Å². The average Bonchev–Trinajstić information content (AvgIpc) is 2.41. The summed E-state index contributed by atoms with van der Waals surface area (Å²) in [5.41, 5.74) is 0.588. The van der Waals surface area contributed by atoms with Crippen molar-refractivity contribution in [2.75, 3.05) is 40.5 Å². The van der Waals surface area contributed by atoms with Gasteiger partial charge in [-0.1, -0.05) is 12.1 Å². The first-order valence-electron chi connectivity index (χ1n) is 6.07. The standard InChI is InChI=1S/C14H20N2O2/c1-16(9-11-17-2)8-5-10-18-14-7-4-3-6-13(14)12-15/h3-4,6-7H,5,8-11H2,1-2H3. The summed E-state index contributed by atoms with van der Waals surface area (Å²) in [5, 5.41) is 8.91. The molecule has 0 aliphatic carbocycles. The lowest BCUT2D eigenvalue weighted by Gasteiger charge is -2.16. The molecule has 0 radical (unpaired) electrons. The zero-order valence-corrected chi connectivity index (χ0v) is 11.1. The molecule has 0 aliphatic rings. The van der Waals surface area contributed by atoms with E-state index in [1.165, 1.54) is 0 Å². The van der Waals surface area contributed by atoms with Gasteiger partial charge in [0.05, 0.1) is 18.8 Å². The molecule has 0 N–H and O–H groups in total. The molecule has 0 heterocycles. The summed E-state index contributed by atoms with van der Waals surface area (Å²) < 4.78 is 10.6. The lowest BCUT2D eigenvalue weighted by atomic mass is 10.2. The number of benzene rings is 1. The summed E-state index contributed by atoms with van der Waals surface area (Å²) in [6.45, 7) is 3.24. The van der Waals surface area contributed by atoms with Crippen molar-refractivity contribution in [3.8, 4) is 11.8 Å². The van der Waals surface area contributed by atoms with E-state index in [2.05, 4.69) is 18.0 Å². The Kier molecular flexibility index (Phi) is 6.85. The molecule has 1 aromatic rings. The lowest BCUT2D eigenvalue weighted by Crippen LogP contribution is -2.25. The molecule has 0 aliphatic heterocycles. The van der Waals surface area contributed by atoms with E-state index in [1.54, 1.807) is 13.2 Å². The Balaban J connectivity index is 2.24. The molecule has 18 heavy (non-hydrogen) atoms. The highest BCUT2D eigenvalue weighted by Gasteiger charge is 2.02. The van der Waals surface area contributed by atoms with Gasteiger partial charge in [0.1, 0.15) is 11.8 Å². The molecule has 1 rings (SSSR count). The molecule has 0 amide bonds. The molecule has 0 spiro atoms. The maximum Gasteiger partial charge on any atom is 0.137 e. The molecular weight excluding hydrogens is 228 g/mol. The fourth-order valence-corrected chi connectivity index (χ4v) is 1.56. The largest absolute Gasteiger partial charge is 0.492 e. The van der Waals surface area contributed by atoms with Crippen LogP contribution >= 0.6 is 0 Å². The molecule has 98 valence electrons. The van der Waals surface area contributed by atoms with E-state index in [1.807, 2.05) is 18.2 Å². The SMILES string of the molecule is COCCN(C)CCCOc1ccccc1C#N. The van der Waals surface area contributed by atoms with Crippen molar-refractivity contribution in [2.24, 2.45) is 0 Å². The summed E-state index contributed by atoms with van der Waals surface area (Å²) in [6, 6.07) is 9.42. The van der Waals surface area contributed by atoms with Crippen molar-refractivity contribution in [3.05, 3.63) is 29.8 Å². The van der Waals surface area contributed by atoms with Crippen molar-refractivity contribution in [1.82, 2.24) is 4.90 Å². The second-order valence-electron chi connectivity index (χ2n) is 4.11. The van der Waals surface area contributed by atoms with E-state index in [-0.39, 0.29) is 0 Å². The van der Waals surface area contributed by atoms with Crippen LogP contribution in [-0.4, -0.2) is 45.4 Å². The third kappa shape index (κ3) is 5.17. The topological polar surface area (TPSA) is 45.5 Å². The Morgan fingerprint density at radius 2 is 2.00 bits per heavy atom. The van der Waals surface area contributed by atoms with Gasteiger partial charge in [0, 0.05) is 20.2 Å². The predicted octanol–water partition coefficient (Wildman–Crippen LogP) is 1.91. The fourth-order valence-electron chi connectivity index (χ4n) is 1.56. The van der Waals surface area contributed by atoms with Crippen molar-refractivity contribution in [3.63, 3.8) is 0 Å². The van der Waals surface area contributed by atoms with Crippen LogP contribution in [0.3, 0.4) is 0 Å². The van der Waals surface area contributed by atoms with Gasteiger partial charge in [-0.15, -0.1) is 0 Å². The summed E-state index contributed by atoms with van der Waals surface area (Å²) in [4.78, 5) is 2.20. The zero-order chi connectivity index (χ0) is 13.2. The van der Waals surface area contributed by atoms with Gasteiger partial charge in [0.2, 0.25) is 0 Å². The second kappa shape index (κ2) is 8.51. The smallest absolute Gasteiger partial charge is 0.137 e. The molecule has 0 bridgehead atoms. The minimum absolute atomic E-state index is 0.588. The lowest BCUT2D eigenvalue weighted by molar-refractivity contribution is 0.157. The van der Waals surface area contributed by atoms with E-state index < -0.39 is 0 Å². The third-order valence-electron chi connectivity index (χ3n) is 2.63. The number of ether oxygens (including phenoxy) is 2. The second-order valence-corrected chi connectivity index (χ2v) is 4.11. The number of rotatable bonds is 8. The maximum atomic E-state index is 8.91. The number of nitrogens with zero attached hydrogens (tertiary/aromatic N) is 2. The number of likely N-dealkylation sites (N-methyl/N-ethyl adjacent to an activating group) is 1. The average molecular weight is 248 g/mol. The van der Waals surface area contributed by atoms with Crippen LogP contribution in [0.4, 0.5) is 0 Å². The minimum atomic E-state index is 0.588. The molecule has 4 heteroatoms. The van der Waals surface area contributed by atoms with Crippen molar-refractivity contribution in [2.45, 2.75) is 6.42 Å². The Morgan fingerprint density at radius 3 is 2.72 bits per heavy atom. The fraction of sp³-hybridized carbons (Fsp3) is 0.500. The van der Waals surface area contributed by atoms with Gasteiger partial charge in [0.25, 0.3) is 0 Å². The number of hydrogen-bond acceptors (Lipinski definition) is 4. The predicted molar refractivity (Wildman–Crippen MR) is 70.6 cm³/mol. The Bertz CT molecular complexity index is 388. The number of methoxy groups -OCH3 is 1. The monoisotopic (exact) mass is 248 g/mol. The number of nitriles is 1. The molecule has 0 saturated carbocycles. The van der Waals surface area contributed by atoms with E-state index in [0.29, 0.717) is 17.9 Å². The van der Waals surface area contributed by atoms with E-state index >= 15 is 0 Å². The highest BCUT2D eigenvalue weighted by molar-refractivity contribution is 5.42. The van der Waals surface area contributed by atoms with Gasteiger partial charge in [-0.2, -0.15) is 5.26 Å². The Labute approximate surface area is 109 Å². The quantitative estimate of drug-likeness (QED) is 0.659. The molecule has 1 aromatic carbocycles. The van der Waals surface area contributed by atoms with E-state index in [9.17, 15) is 0 Å². The first-order chi connectivity index (χ1) is 8.77. The summed E-state index contributed by atoms with van der Waals surface area (Å²) in [7, 11) is 3.76. The minimum Gasteiger partial charge on any atom is -0.492 e. The van der Waals surface area contributed by atoms with Gasteiger partial charge in [-0.3, -0.25) is 0 Å².